The van der Waals surface area contributed by atoms with Gasteiger partial charge in [0.25, 0.3) is 0 Å². The molecule has 0 radical (unpaired) electrons. The molecule has 2 heteroatoms. The van der Waals surface area contributed by atoms with Crippen LogP contribution < -0.4 is 5.73 Å². The van der Waals surface area contributed by atoms with E-state index < -0.39 is 0 Å². The molecule has 0 saturated carbocycles. The van der Waals surface area contributed by atoms with Crippen molar-refractivity contribution in [2.75, 3.05) is 5.73 Å². The third-order valence-corrected chi connectivity index (χ3v) is 6.29. The minimum Gasteiger partial charge on any atom is -0.398 e. The monoisotopic (exact) mass is 375 g/mol. The number of rotatable bonds is 3. The van der Waals surface area contributed by atoms with Gasteiger partial charge >= 0.3 is 0 Å². The fourth-order valence-electron chi connectivity index (χ4n) is 4.94. The van der Waals surface area contributed by atoms with Crippen LogP contribution in [0.5, 0.6) is 0 Å². The Labute approximate surface area is 170 Å². The molecule has 0 heterocycles. The molecule has 2 aliphatic rings. The highest BCUT2D eigenvalue weighted by atomic mass is 16.5. The SMILES string of the molecule is Nc1cccc2c1C(OCc1cccc3c1Cc1ccccc1-3)c1ccccc1-2. The third kappa shape index (κ3) is 2.46. The van der Waals surface area contributed by atoms with Gasteiger partial charge in [-0.25, -0.2) is 0 Å². The van der Waals surface area contributed by atoms with E-state index in [4.69, 9.17) is 10.5 Å². The number of nitrogens with two attached hydrogens (primary N) is 1. The first-order valence-electron chi connectivity index (χ1n) is 10.1. The van der Waals surface area contributed by atoms with Crippen LogP contribution >= 0.6 is 0 Å². The molecule has 0 saturated heterocycles. The number of nitrogen functional groups attached to an aromatic ring is 1. The van der Waals surface area contributed by atoms with E-state index in [1.165, 1.54) is 44.5 Å². The summed E-state index contributed by atoms with van der Waals surface area (Å²) in [6.07, 6.45) is 0.854. The van der Waals surface area contributed by atoms with Gasteiger partial charge in [-0.15, -0.1) is 0 Å². The highest BCUT2D eigenvalue weighted by Crippen LogP contribution is 2.48. The van der Waals surface area contributed by atoms with E-state index in [0.29, 0.717) is 6.61 Å². The van der Waals surface area contributed by atoms with Crippen LogP contribution in [0.25, 0.3) is 22.3 Å². The first-order chi connectivity index (χ1) is 14.3. The minimum atomic E-state index is -0.123. The van der Waals surface area contributed by atoms with E-state index in [-0.39, 0.29) is 6.10 Å². The molecule has 140 valence electrons. The van der Waals surface area contributed by atoms with E-state index in [9.17, 15) is 0 Å². The van der Waals surface area contributed by atoms with Gasteiger partial charge in [-0.3, -0.25) is 0 Å². The number of hydrogen-bond acceptors (Lipinski definition) is 2. The summed E-state index contributed by atoms with van der Waals surface area (Å²) >= 11 is 0. The van der Waals surface area contributed by atoms with Crippen molar-refractivity contribution in [1.82, 2.24) is 0 Å². The molecule has 0 aliphatic heterocycles. The number of hydrogen-bond donors (Lipinski definition) is 1. The Hall–Kier alpha value is -3.36. The van der Waals surface area contributed by atoms with Crippen molar-refractivity contribution < 1.29 is 4.74 Å². The van der Waals surface area contributed by atoms with Gasteiger partial charge in [0.1, 0.15) is 6.10 Å². The van der Waals surface area contributed by atoms with Crippen LogP contribution in [0.3, 0.4) is 0 Å². The van der Waals surface area contributed by atoms with E-state index in [0.717, 1.165) is 17.7 Å². The molecule has 2 aliphatic carbocycles. The Morgan fingerprint density at radius 3 is 2.38 bits per heavy atom. The highest BCUT2D eigenvalue weighted by molar-refractivity contribution is 5.83. The van der Waals surface area contributed by atoms with Crippen LogP contribution in [0.4, 0.5) is 5.69 Å². The first-order valence-corrected chi connectivity index (χ1v) is 10.1. The van der Waals surface area contributed by atoms with E-state index in [1.807, 2.05) is 12.1 Å². The number of ether oxygens (including phenoxy) is 1. The molecule has 2 N–H and O–H groups in total. The lowest BCUT2D eigenvalue weighted by molar-refractivity contribution is 0.0697. The van der Waals surface area contributed by atoms with Gasteiger partial charge in [0.05, 0.1) is 6.61 Å². The molecule has 0 aromatic heterocycles. The molecule has 29 heavy (non-hydrogen) atoms. The largest absolute Gasteiger partial charge is 0.398 e. The molecular formula is C27H21NO. The predicted octanol–water partition coefficient (Wildman–Crippen LogP) is 6.13. The van der Waals surface area contributed by atoms with Crippen LogP contribution in [-0.2, 0) is 17.8 Å². The van der Waals surface area contributed by atoms with Crippen LogP contribution in [0.15, 0.2) is 84.9 Å². The summed E-state index contributed by atoms with van der Waals surface area (Å²) in [6.45, 7) is 0.573. The normalized spacial score (nSPS) is 15.5. The molecule has 4 aromatic carbocycles. The average molecular weight is 375 g/mol. The lowest BCUT2D eigenvalue weighted by Gasteiger charge is -2.18. The molecule has 0 spiro atoms. The molecule has 4 aromatic rings. The Morgan fingerprint density at radius 1 is 0.724 bits per heavy atom. The van der Waals surface area contributed by atoms with E-state index in [2.05, 4.69) is 72.8 Å². The van der Waals surface area contributed by atoms with Crippen molar-refractivity contribution in [1.29, 1.82) is 0 Å². The van der Waals surface area contributed by atoms with Gasteiger partial charge in [0, 0.05) is 11.3 Å². The lowest BCUT2D eigenvalue weighted by atomic mass is 10.0. The molecule has 1 atom stereocenters. The average Bonchev–Trinajstić information content (AvgIpc) is 3.30. The maximum Gasteiger partial charge on any atom is 0.111 e. The van der Waals surface area contributed by atoms with Gasteiger partial charge < -0.3 is 10.5 Å². The van der Waals surface area contributed by atoms with Crippen LogP contribution in [0.1, 0.15) is 33.9 Å². The van der Waals surface area contributed by atoms with Crippen molar-refractivity contribution in [2.24, 2.45) is 0 Å². The zero-order chi connectivity index (χ0) is 19.4. The molecule has 0 bridgehead atoms. The highest BCUT2D eigenvalue weighted by Gasteiger charge is 2.31. The third-order valence-electron chi connectivity index (χ3n) is 6.29. The van der Waals surface area contributed by atoms with Gasteiger partial charge in [-0.05, 0) is 57.0 Å². The summed E-state index contributed by atoms with van der Waals surface area (Å²) in [5, 5.41) is 0. The lowest BCUT2D eigenvalue weighted by Crippen LogP contribution is -2.07. The second-order valence-corrected chi connectivity index (χ2v) is 7.86. The summed E-state index contributed by atoms with van der Waals surface area (Å²) in [7, 11) is 0. The van der Waals surface area contributed by atoms with Crippen molar-refractivity contribution in [2.45, 2.75) is 19.1 Å². The quantitative estimate of drug-likeness (QED) is 0.385. The summed E-state index contributed by atoms with van der Waals surface area (Å²) in [6, 6.07) is 29.9. The first kappa shape index (κ1) is 16.6. The molecule has 1 unspecified atom stereocenters. The smallest absolute Gasteiger partial charge is 0.111 e. The summed E-state index contributed by atoms with van der Waals surface area (Å²) in [5.41, 5.74) is 18.6. The maximum absolute atomic E-state index is 6.57. The standard InChI is InChI=1S/C27H21NO/c28-25-14-6-13-22-21-10-3-4-11-23(21)27(26(22)25)29-16-18-8-5-12-20-19-9-2-1-7-17(19)15-24(18)20/h1-14,27H,15-16,28H2. The van der Waals surface area contributed by atoms with Crippen molar-refractivity contribution in [3.63, 3.8) is 0 Å². The van der Waals surface area contributed by atoms with E-state index >= 15 is 0 Å². The van der Waals surface area contributed by atoms with Gasteiger partial charge in [-0.1, -0.05) is 78.9 Å². The van der Waals surface area contributed by atoms with E-state index in [1.54, 1.807) is 0 Å². The maximum atomic E-state index is 6.57. The van der Waals surface area contributed by atoms with Gasteiger partial charge in [0.2, 0.25) is 0 Å². The number of anilines is 1. The zero-order valence-corrected chi connectivity index (χ0v) is 16.1. The predicted molar refractivity (Wildman–Crippen MR) is 118 cm³/mol. The zero-order valence-electron chi connectivity index (χ0n) is 16.1. The van der Waals surface area contributed by atoms with Crippen LogP contribution in [-0.4, -0.2) is 0 Å². The number of benzene rings is 4. The van der Waals surface area contributed by atoms with Crippen LogP contribution in [0.2, 0.25) is 0 Å². The molecule has 6 rings (SSSR count). The summed E-state index contributed by atoms with van der Waals surface area (Å²) < 4.78 is 6.57. The molecular weight excluding hydrogens is 354 g/mol. The topological polar surface area (TPSA) is 35.2 Å². The van der Waals surface area contributed by atoms with Gasteiger partial charge in [-0.2, -0.15) is 0 Å². The summed E-state index contributed by atoms with van der Waals surface area (Å²) in [4.78, 5) is 0. The van der Waals surface area contributed by atoms with Crippen molar-refractivity contribution >= 4 is 5.69 Å². The molecule has 2 nitrogen and oxygen atoms in total. The summed E-state index contributed by atoms with van der Waals surface area (Å²) in [5.74, 6) is 0. The molecule has 0 fully saturated rings. The molecule has 0 amide bonds. The van der Waals surface area contributed by atoms with Crippen LogP contribution in [0, 0.1) is 0 Å². The fourth-order valence-corrected chi connectivity index (χ4v) is 4.94. The fraction of sp³-hybridized carbons (Fsp3) is 0.111. The number of fused-ring (bicyclic) bond motifs is 6. The Bertz CT molecular complexity index is 1260. The van der Waals surface area contributed by atoms with Gasteiger partial charge in [0.15, 0.2) is 0 Å². The minimum absolute atomic E-state index is 0.123. The van der Waals surface area contributed by atoms with Crippen molar-refractivity contribution in [3.8, 4) is 22.3 Å². The Balaban J connectivity index is 1.37. The second-order valence-electron chi connectivity index (χ2n) is 7.86. The Kier molecular flexibility index (Phi) is 3.62. The Morgan fingerprint density at radius 2 is 1.45 bits per heavy atom. The van der Waals surface area contributed by atoms with Crippen molar-refractivity contribution in [3.05, 3.63) is 113 Å². The second kappa shape index (κ2) is 6.33.